The highest BCUT2D eigenvalue weighted by molar-refractivity contribution is 5.92. The van der Waals surface area contributed by atoms with Crippen LogP contribution in [0.4, 0.5) is 16.2 Å². The van der Waals surface area contributed by atoms with Gasteiger partial charge in [-0.25, -0.2) is 4.79 Å². The molecule has 20 heavy (non-hydrogen) atoms. The van der Waals surface area contributed by atoms with Crippen molar-refractivity contribution in [3.05, 3.63) is 24.3 Å². The van der Waals surface area contributed by atoms with E-state index >= 15 is 0 Å². The van der Waals surface area contributed by atoms with Crippen molar-refractivity contribution < 1.29 is 9.59 Å². The number of carbonyl (C=O) groups excluding carboxylic acids is 2. The van der Waals surface area contributed by atoms with E-state index in [0.29, 0.717) is 18.0 Å². The molecule has 0 unspecified atom stereocenters. The second kappa shape index (κ2) is 7.53. The number of anilines is 2. The lowest BCUT2D eigenvalue weighted by Gasteiger charge is -2.17. The van der Waals surface area contributed by atoms with E-state index in [2.05, 4.69) is 29.8 Å². The highest BCUT2D eigenvalue weighted by Gasteiger charge is 2.10. The number of hydrogen-bond acceptors (Lipinski definition) is 2. The van der Waals surface area contributed by atoms with E-state index in [1.807, 2.05) is 6.92 Å². The fourth-order valence-electron chi connectivity index (χ4n) is 1.43. The van der Waals surface area contributed by atoms with Gasteiger partial charge in [0.2, 0.25) is 5.91 Å². The number of carbonyl (C=O) groups is 2. The molecular formula is C15H23N3O2. The summed E-state index contributed by atoms with van der Waals surface area (Å²) in [5.74, 6) is 0.349. The first-order valence-electron chi connectivity index (χ1n) is 6.89. The SMILES string of the molecule is CCC(=O)Nc1ccc(NC(=O)N[C@@H](C)C(C)C)cc1. The maximum absolute atomic E-state index is 11.7. The Hall–Kier alpha value is -2.04. The van der Waals surface area contributed by atoms with Gasteiger partial charge in [0.05, 0.1) is 0 Å². The van der Waals surface area contributed by atoms with Crippen LogP contribution in [0.1, 0.15) is 34.1 Å². The third kappa shape index (κ3) is 5.30. The predicted octanol–water partition coefficient (Wildman–Crippen LogP) is 3.20. The summed E-state index contributed by atoms with van der Waals surface area (Å²) in [5.41, 5.74) is 1.41. The molecule has 0 saturated carbocycles. The zero-order chi connectivity index (χ0) is 15.1. The summed E-state index contributed by atoms with van der Waals surface area (Å²) in [6, 6.07) is 6.91. The Bertz CT molecular complexity index is 455. The van der Waals surface area contributed by atoms with Gasteiger partial charge in [0.1, 0.15) is 0 Å². The van der Waals surface area contributed by atoms with E-state index in [4.69, 9.17) is 0 Å². The molecule has 3 amide bonds. The first kappa shape index (κ1) is 16.0. The second-order valence-electron chi connectivity index (χ2n) is 5.11. The summed E-state index contributed by atoms with van der Waals surface area (Å²) in [7, 11) is 0. The molecule has 3 N–H and O–H groups in total. The molecule has 5 nitrogen and oxygen atoms in total. The number of amides is 3. The van der Waals surface area contributed by atoms with Crippen molar-refractivity contribution in [3.8, 4) is 0 Å². The first-order valence-corrected chi connectivity index (χ1v) is 6.89. The lowest BCUT2D eigenvalue weighted by atomic mass is 10.1. The van der Waals surface area contributed by atoms with Gasteiger partial charge in [-0.3, -0.25) is 4.79 Å². The largest absolute Gasteiger partial charge is 0.335 e. The van der Waals surface area contributed by atoms with Crippen LogP contribution in [0.3, 0.4) is 0 Å². The molecule has 0 aliphatic rings. The average molecular weight is 277 g/mol. The smallest absolute Gasteiger partial charge is 0.319 e. The van der Waals surface area contributed by atoms with Crippen LogP contribution in [0.5, 0.6) is 0 Å². The molecule has 1 atom stereocenters. The van der Waals surface area contributed by atoms with E-state index in [-0.39, 0.29) is 18.0 Å². The summed E-state index contributed by atoms with van der Waals surface area (Å²) in [6.45, 7) is 7.87. The molecule has 0 aliphatic heterocycles. The Morgan fingerprint density at radius 2 is 1.50 bits per heavy atom. The average Bonchev–Trinajstić information content (AvgIpc) is 2.40. The van der Waals surface area contributed by atoms with Crippen LogP contribution in [-0.2, 0) is 4.79 Å². The normalized spacial score (nSPS) is 11.8. The molecule has 0 radical (unpaired) electrons. The fourth-order valence-corrected chi connectivity index (χ4v) is 1.43. The Morgan fingerprint density at radius 3 is 1.95 bits per heavy atom. The van der Waals surface area contributed by atoms with Crippen LogP contribution in [-0.4, -0.2) is 18.0 Å². The zero-order valence-corrected chi connectivity index (χ0v) is 12.5. The number of nitrogens with one attached hydrogen (secondary N) is 3. The summed E-state index contributed by atoms with van der Waals surface area (Å²) >= 11 is 0. The van der Waals surface area contributed by atoms with Gasteiger partial charge in [-0.2, -0.15) is 0 Å². The summed E-state index contributed by atoms with van der Waals surface area (Å²) < 4.78 is 0. The van der Waals surface area contributed by atoms with Crippen LogP contribution in [0.2, 0.25) is 0 Å². The van der Waals surface area contributed by atoms with Gasteiger partial charge in [0.15, 0.2) is 0 Å². The van der Waals surface area contributed by atoms with Crippen molar-refractivity contribution in [1.82, 2.24) is 5.32 Å². The van der Waals surface area contributed by atoms with Crippen molar-refractivity contribution in [3.63, 3.8) is 0 Å². The number of hydrogen-bond donors (Lipinski definition) is 3. The Balaban J connectivity index is 2.53. The molecule has 5 heteroatoms. The predicted molar refractivity (Wildman–Crippen MR) is 81.8 cm³/mol. The molecule has 0 spiro atoms. The molecule has 0 heterocycles. The standard InChI is InChI=1S/C15H23N3O2/c1-5-14(19)17-12-6-8-13(9-7-12)18-15(20)16-11(4)10(2)3/h6-11H,5H2,1-4H3,(H,17,19)(H2,16,18,20)/t11-/m0/s1. The van der Waals surface area contributed by atoms with E-state index in [1.165, 1.54) is 0 Å². The van der Waals surface area contributed by atoms with Crippen molar-refractivity contribution >= 4 is 23.3 Å². The Labute approximate surface area is 120 Å². The maximum Gasteiger partial charge on any atom is 0.319 e. The quantitative estimate of drug-likeness (QED) is 0.773. The van der Waals surface area contributed by atoms with E-state index in [9.17, 15) is 9.59 Å². The molecule has 0 aliphatic carbocycles. The van der Waals surface area contributed by atoms with Crippen LogP contribution >= 0.6 is 0 Å². The van der Waals surface area contributed by atoms with Gasteiger partial charge in [0.25, 0.3) is 0 Å². The molecule has 0 saturated heterocycles. The summed E-state index contributed by atoms with van der Waals surface area (Å²) in [4.78, 5) is 23.0. The van der Waals surface area contributed by atoms with Crippen molar-refractivity contribution in [2.24, 2.45) is 5.92 Å². The van der Waals surface area contributed by atoms with Crippen LogP contribution in [0.15, 0.2) is 24.3 Å². The van der Waals surface area contributed by atoms with Crippen molar-refractivity contribution in [1.29, 1.82) is 0 Å². The van der Waals surface area contributed by atoms with Gasteiger partial charge in [0, 0.05) is 23.8 Å². The molecule has 1 aromatic carbocycles. The molecule has 0 fully saturated rings. The number of urea groups is 1. The minimum absolute atomic E-state index is 0.0331. The lowest BCUT2D eigenvalue weighted by molar-refractivity contribution is -0.115. The topological polar surface area (TPSA) is 70.2 Å². The highest BCUT2D eigenvalue weighted by Crippen LogP contribution is 2.13. The minimum atomic E-state index is -0.225. The van der Waals surface area contributed by atoms with Gasteiger partial charge in [-0.05, 0) is 37.1 Å². The summed E-state index contributed by atoms with van der Waals surface area (Å²) in [5, 5.41) is 8.38. The Morgan fingerprint density at radius 1 is 1.00 bits per heavy atom. The molecular weight excluding hydrogens is 254 g/mol. The van der Waals surface area contributed by atoms with E-state index in [0.717, 1.165) is 5.69 Å². The van der Waals surface area contributed by atoms with Gasteiger partial charge >= 0.3 is 6.03 Å². The Kier molecular flexibility index (Phi) is 6.03. The molecule has 0 aromatic heterocycles. The molecule has 110 valence electrons. The fraction of sp³-hybridized carbons (Fsp3) is 0.467. The van der Waals surface area contributed by atoms with Gasteiger partial charge < -0.3 is 16.0 Å². The van der Waals surface area contributed by atoms with E-state index < -0.39 is 0 Å². The number of benzene rings is 1. The third-order valence-corrected chi connectivity index (χ3v) is 3.11. The minimum Gasteiger partial charge on any atom is -0.335 e. The number of rotatable bonds is 5. The monoisotopic (exact) mass is 277 g/mol. The van der Waals surface area contributed by atoms with Crippen LogP contribution in [0, 0.1) is 5.92 Å². The van der Waals surface area contributed by atoms with E-state index in [1.54, 1.807) is 31.2 Å². The highest BCUT2D eigenvalue weighted by atomic mass is 16.2. The van der Waals surface area contributed by atoms with Crippen LogP contribution in [0.25, 0.3) is 0 Å². The zero-order valence-electron chi connectivity index (χ0n) is 12.5. The van der Waals surface area contributed by atoms with Gasteiger partial charge in [-0.1, -0.05) is 20.8 Å². The van der Waals surface area contributed by atoms with Crippen molar-refractivity contribution in [2.75, 3.05) is 10.6 Å². The molecule has 0 bridgehead atoms. The first-order chi connectivity index (χ1) is 9.42. The molecule has 1 rings (SSSR count). The summed E-state index contributed by atoms with van der Waals surface area (Å²) in [6.07, 6.45) is 0.440. The second-order valence-corrected chi connectivity index (χ2v) is 5.11. The lowest BCUT2D eigenvalue weighted by Crippen LogP contribution is -2.38. The maximum atomic E-state index is 11.7. The van der Waals surface area contributed by atoms with Crippen molar-refractivity contribution in [2.45, 2.75) is 40.2 Å². The molecule has 1 aromatic rings. The van der Waals surface area contributed by atoms with Crippen LogP contribution < -0.4 is 16.0 Å². The third-order valence-electron chi connectivity index (χ3n) is 3.11. The van der Waals surface area contributed by atoms with Gasteiger partial charge in [-0.15, -0.1) is 0 Å².